The molecule has 0 heterocycles. The number of nitrogens with two attached hydrogens (primary N) is 1. The van der Waals surface area contributed by atoms with Crippen LogP contribution in [-0.4, -0.2) is 0 Å². The monoisotopic (exact) mass is 240 g/mol. The molecule has 0 amide bonds. The Bertz CT molecular complexity index is 612. The van der Waals surface area contributed by atoms with Crippen LogP contribution in [0.4, 0.5) is 4.39 Å². The Morgan fingerprint density at radius 1 is 1.22 bits per heavy atom. The molecule has 0 aromatic heterocycles. The van der Waals surface area contributed by atoms with E-state index in [1.807, 2.05) is 13.0 Å². The van der Waals surface area contributed by atoms with Crippen molar-refractivity contribution in [3.8, 4) is 17.2 Å². The second-order valence-corrected chi connectivity index (χ2v) is 4.21. The highest BCUT2D eigenvalue weighted by Crippen LogP contribution is 2.28. The normalized spacial score (nSPS) is 11.9. The molecule has 0 aliphatic rings. The molecule has 90 valence electrons. The number of nitriles is 1. The predicted molar refractivity (Wildman–Crippen MR) is 69.2 cm³/mol. The summed E-state index contributed by atoms with van der Waals surface area (Å²) in [6, 6.07) is 13.5. The maximum absolute atomic E-state index is 13.4. The van der Waals surface area contributed by atoms with Gasteiger partial charge in [-0.3, -0.25) is 0 Å². The fraction of sp³-hybridized carbons (Fsp3) is 0.133. The maximum atomic E-state index is 13.4. The molecule has 18 heavy (non-hydrogen) atoms. The summed E-state index contributed by atoms with van der Waals surface area (Å²) >= 11 is 0. The van der Waals surface area contributed by atoms with Gasteiger partial charge in [0.2, 0.25) is 0 Å². The molecular formula is C15H13FN2. The molecule has 1 atom stereocenters. The van der Waals surface area contributed by atoms with E-state index in [4.69, 9.17) is 11.0 Å². The first-order chi connectivity index (χ1) is 8.61. The molecule has 0 spiro atoms. The molecule has 2 N–H and O–H groups in total. The average molecular weight is 240 g/mol. The molecule has 0 saturated heterocycles. The quantitative estimate of drug-likeness (QED) is 0.874. The summed E-state index contributed by atoms with van der Waals surface area (Å²) in [6.45, 7) is 1.85. The molecule has 2 aromatic carbocycles. The number of halogens is 1. The summed E-state index contributed by atoms with van der Waals surface area (Å²) < 4.78 is 13.4. The Labute approximate surface area is 105 Å². The Morgan fingerprint density at radius 3 is 2.67 bits per heavy atom. The summed E-state index contributed by atoms with van der Waals surface area (Å²) in [5, 5.41) is 8.89. The van der Waals surface area contributed by atoms with Crippen molar-refractivity contribution < 1.29 is 4.39 Å². The molecule has 0 bridgehead atoms. The van der Waals surface area contributed by atoms with Gasteiger partial charge in [-0.15, -0.1) is 0 Å². The lowest BCUT2D eigenvalue weighted by molar-refractivity contribution is 0.626. The van der Waals surface area contributed by atoms with E-state index in [-0.39, 0.29) is 11.9 Å². The van der Waals surface area contributed by atoms with Crippen molar-refractivity contribution in [1.82, 2.24) is 0 Å². The Hall–Kier alpha value is -2.18. The zero-order valence-electron chi connectivity index (χ0n) is 10.0. The van der Waals surface area contributed by atoms with Crippen LogP contribution in [0.5, 0.6) is 0 Å². The SMILES string of the molecule is CC(N)c1ccc(F)cc1-c1cccc(C#N)c1. The third kappa shape index (κ3) is 2.39. The second-order valence-electron chi connectivity index (χ2n) is 4.21. The van der Waals surface area contributed by atoms with E-state index in [2.05, 4.69) is 6.07 Å². The van der Waals surface area contributed by atoms with Gasteiger partial charge < -0.3 is 5.73 Å². The van der Waals surface area contributed by atoms with Crippen LogP contribution < -0.4 is 5.73 Å². The summed E-state index contributed by atoms with van der Waals surface area (Å²) in [5.74, 6) is -0.309. The van der Waals surface area contributed by atoms with Gasteiger partial charge in [-0.25, -0.2) is 4.39 Å². The van der Waals surface area contributed by atoms with Crippen LogP contribution in [0, 0.1) is 17.1 Å². The maximum Gasteiger partial charge on any atom is 0.123 e. The standard InChI is InChI=1S/C15H13FN2/c1-10(18)14-6-5-13(16)8-15(14)12-4-2-3-11(7-12)9-17/h2-8,10H,18H2,1H3. The first-order valence-electron chi connectivity index (χ1n) is 5.67. The fourth-order valence-corrected chi connectivity index (χ4v) is 1.93. The Balaban J connectivity index is 2.62. The predicted octanol–water partition coefficient (Wildman–Crippen LogP) is 3.38. The molecule has 0 saturated carbocycles. The van der Waals surface area contributed by atoms with Gasteiger partial charge in [0.05, 0.1) is 11.6 Å². The van der Waals surface area contributed by atoms with Crippen LogP contribution >= 0.6 is 0 Å². The molecule has 0 radical (unpaired) electrons. The van der Waals surface area contributed by atoms with Crippen LogP contribution in [0.1, 0.15) is 24.1 Å². The molecule has 2 aromatic rings. The van der Waals surface area contributed by atoms with E-state index < -0.39 is 0 Å². The minimum atomic E-state index is -0.309. The van der Waals surface area contributed by atoms with E-state index in [9.17, 15) is 4.39 Å². The average Bonchev–Trinajstić information content (AvgIpc) is 2.38. The van der Waals surface area contributed by atoms with E-state index in [0.717, 1.165) is 16.7 Å². The zero-order chi connectivity index (χ0) is 13.1. The lowest BCUT2D eigenvalue weighted by atomic mass is 9.95. The molecule has 2 rings (SSSR count). The molecule has 0 aliphatic carbocycles. The van der Waals surface area contributed by atoms with Crippen molar-refractivity contribution >= 4 is 0 Å². The van der Waals surface area contributed by atoms with Crippen LogP contribution in [-0.2, 0) is 0 Å². The summed E-state index contributed by atoms with van der Waals surface area (Å²) in [6.07, 6.45) is 0. The second kappa shape index (κ2) is 4.99. The molecule has 3 heteroatoms. The molecule has 2 nitrogen and oxygen atoms in total. The van der Waals surface area contributed by atoms with Crippen LogP contribution in [0.2, 0.25) is 0 Å². The number of hydrogen-bond acceptors (Lipinski definition) is 2. The summed E-state index contributed by atoms with van der Waals surface area (Å²) in [4.78, 5) is 0. The third-order valence-electron chi connectivity index (χ3n) is 2.81. The minimum absolute atomic E-state index is 0.189. The van der Waals surface area contributed by atoms with Gasteiger partial charge in [0, 0.05) is 6.04 Å². The molecule has 0 fully saturated rings. The highest BCUT2D eigenvalue weighted by molar-refractivity contribution is 5.69. The number of hydrogen-bond donors (Lipinski definition) is 1. The van der Waals surface area contributed by atoms with Crippen LogP contribution in [0.3, 0.4) is 0 Å². The topological polar surface area (TPSA) is 49.8 Å². The van der Waals surface area contributed by atoms with Gasteiger partial charge >= 0.3 is 0 Å². The minimum Gasteiger partial charge on any atom is -0.324 e. The lowest BCUT2D eigenvalue weighted by Gasteiger charge is -2.13. The highest BCUT2D eigenvalue weighted by Gasteiger charge is 2.10. The van der Waals surface area contributed by atoms with Crippen molar-refractivity contribution in [2.24, 2.45) is 5.73 Å². The lowest BCUT2D eigenvalue weighted by Crippen LogP contribution is -2.07. The summed E-state index contributed by atoms with van der Waals surface area (Å²) in [7, 11) is 0. The highest BCUT2D eigenvalue weighted by atomic mass is 19.1. The number of nitrogens with zero attached hydrogens (tertiary/aromatic N) is 1. The van der Waals surface area contributed by atoms with E-state index in [1.165, 1.54) is 12.1 Å². The molecular weight excluding hydrogens is 227 g/mol. The zero-order valence-corrected chi connectivity index (χ0v) is 10.0. The van der Waals surface area contributed by atoms with E-state index in [1.54, 1.807) is 24.3 Å². The van der Waals surface area contributed by atoms with Gasteiger partial charge in [-0.05, 0) is 47.9 Å². The fourth-order valence-electron chi connectivity index (χ4n) is 1.93. The van der Waals surface area contributed by atoms with Crippen molar-refractivity contribution in [2.45, 2.75) is 13.0 Å². The smallest absolute Gasteiger partial charge is 0.123 e. The van der Waals surface area contributed by atoms with Gasteiger partial charge in [0.15, 0.2) is 0 Å². The van der Waals surface area contributed by atoms with Crippen molar-refractivity contribution in [1.29, 1.82) is 5.26 Å². The van der Waals surface area contributed by atoms with Gasteiger partial charge in [0.25, 0.3) is 0 Å². The molecule has 0 aliphatic heterocycles. The first kappa shape index (κ1) is 12.3. The van der Waals surface area contributed by atoms with E-state index >= 15 is 0 Å². The third-order valence-corrected chi connectivity index (χ3v) is 2.81. The largest absolute Gasteiger partial charge is 0.324 e. The van der Waals surface area contributed by atoms with E-state index in [0.29, 0.717) is 5.56 Å². The Kier molecular flexibility index (Phi) is 3.40. The Morgan fingerprint density at radius 2 is 2.00 bits per heavy atom. The summed E-state index contributed by atoms with van der Waals surface area (Å²) in [5.41, 5.74) is 8.85. The van der Waals surface area contributed by atoms with Gasteiger partial charge in [-0.1, -0.05) is 18.2 Å². The first-order valence-corrected chi connectivity index (χ1v) is 5.67. The van der Waals surface area contributed by atoms with Gasteiger partial charge in [-0.2, -0.15) is 5.26 Å². The van der Waals surface area contributed by atoms with Crippen molar-refractivity contribution in [2.75, 3.05) is 0 Å². The number of rotatable bonds is 2. The van der Waals surface area contributed by atoms with Crippen molar-refractivity contribution in [3.63, 3.8) is 0 Å². The molecule has 1 unspecified atom stereocenters. The van der Waals surface area contributed by atoms with Gasteiger partial charge in [0.1, 0.15) is 5.82 Å². The number of benzene rings is 2. The van der Waals surface area contributed by atoms with Crippen LogP contribution in [0.15, 0.2) is 42.5 Å². The van der Waals surface area contributed by atoms with Crippen LogP contribution in [0.25, 0.3) is 11.1 Å². The van der Waals surface area contributed by atoms with Crippen molar-refractivity contribution in [3.05, 3.63) is 59.4 Å².